The third-order valence-electron chi connectivity index (χ3n) is 4.82. The summed E-state index contributed by atoms with van der Waals surface area (Å²) in [5.41, 5.74) is 5.56. The lowest BCUT2D eigenvalue weighted by molar-refractivity contribution is 0.509. The lowest BCUT2D eigenvalue weighted by Crippen LogP contribution is -2.11. The third-order valence-corrected chi connectivity index (χ3v) is 4.82. The maximum absolute atomic E-state index is 13.5. The Hall–Kier alpha value is -2.55. The van der Waals surface area contributed by atoms with Crippen molar-refractivity contribution in [2.75, 3.05) is 0 Å². The fraction of sp³-hybridized carbons (Fsp3) is 0.190. The molecule has 0 aliphatic heterocycles. The molecule has 0 bridgehead atoms. The molecule has 0 radical (unpaired) electrons. The Balaban J connectivity index is 1.74. The Morgan fingerprint density at radius 1 is 0.833 bits per heavy atom. The van der Waals surface area contributed by atoms with Crippen molar-refractivity contribution in [2.24, 2.45) is 0 Å². The van der Waals surface area contributed by atoms with Gasteiger partial charge in [-0.05, 0) is 71.3 Å². The molecule has 0 fully saturated rings. The number of aromatic nitrogens is 1. The Bertz CT molecular complexity index is 874. The number of hydrogen-bond donors (Lipinski definition) is 0. The van der Waals surface area contributed by atoms with E-state index in [9.17, 15) is 8.78 Å². The van der Waals surface area contributed by atoms with Gasteiger partial charge in [0.25, 0.3) is 0 Å². The molecular formula is C21H17F2N. The third kappa shape index (κ3) is 2.71. The molecule has 0 spiro atoms. The fourth-order valence-corrected chi connectivity index (χ4v) is 3.61. The molecule has 0 N–H and O–H groups in total. The Morgan fingerprint density at radius 3 is 2.38 bits per heavy atom. The second-order valence-electron chi connectivity index (χ2n) is 6.27. The number of nitrogens with zero attached hydrogens (tertiary/aromatic N) is 1. The van der Waals surface area contributed by atoms with Gasteiger partial charge in [-0.25, -0.2) is 8.78 Å². The second-order valence-corrected chi connectivity index (χ2v) is 6.27. The number of benzene rings is 2. The van der Waals surface area contributed by atoms with Crippen LogP contribution in [0.25, 0.3) is 11.1 Å². The number of aryl methyl sites for hydroxylation is 1. The molecule has 1 aromatic heterocycles. The predicted octanol–water partition coefficient (Wildman–Crippen LogP) is 5.50. The predicted molar refractivity (Wildman–Crippen MR) is 90.8 cm³/mol. The molecular weight excluding hydrogens is 304 g/mol. The number of halogens is 2. The largest absolute Gasteiger partial charge is 0.265 e. The zero-order valence-corrected chi connectivity index (χ0v) is 13.2. The van der Waals surface area contributed by atoms with Crippen molar-refractivity contribution in [3.63, 3.8) is 0 Å². The first-order chi connectivity index (χ1) is 11.7. The van der Waals surface area contributed by atoms with E-state index in [1.165, 1.54) is 28.8 Å². The summed E-state index contributed by atoms with van der Waals surface area (Å²) in [6.07, 6.45) is 6.94. The maximum Gasteiger partial charge on any atom is 0.159 e. The van der Waals surface area contributed by atoms with Crippen molar-refractivity contribution < 1.29 is 8.78 Å². The summed E-state index contributed by atoms with van der Waals surface area (Å²) in [6.45, 7) is 0. The monoisotopic (exact) mass is 321 g/mol. The molecule has 4 rings (SSSR count). The van der Waals surface area contributed by atoms with Gasteiger partial charge in [0.15, 0.2) is 11.6 Å². The van der Waals surface area contributed by atoms with E-state index in [0.29, 0.717) is 11.5 Å². The van der Waals surface area contributed by atoms with Crippen LogP contribution in [0.1, 0.15) is 35.4 Å². The van der Waals surface area contributed by atoms with Gasteiger partial charge in [0, 0.05) is 18.3 Å². The van der Waals surface area contributed by atoms with Crippen molar-refractivity contribution >= 4 is 0 Å². The highest BCUT2D eigenvalue weighted by molar-refractivity contribution is 5.65. The second kappa shape index (κ2) is 6.16. The summed E-state index contributed by atoms with van der Waals surface area (Å²) < 4.78 is 26.7. The van der Waals surface area contributed by atoms with E-state index in [0.717, 1.165) is 24.8 Å². The van der Waals surface area contributed by atoms with E-state index in [2.05, 4.69) is 29.2 Å². The summed E-state index contributed by atoms with van der Waals surface area (Å²) in [6, 6.07) is 14.5. The minimum Gasteiger partial charge on any atom is -0.265 e. The van der Waals surface area contributed by atoms with Crippen LogP contribution in [0.2, 0.25) is 0 Å². The first kappa shape index (κ1) is 15.0. The maximum atomic E-state index is 13.5. The normalized spacial score (nSPS) is 16.7. The quantitative estimate of drug-likeness (QED) is 0.608. The smallest absolute Gasteiger partial charge is 0.159 e. The summed E-state index contributed by atoms with van der Waals surface area (Å²) in [4.78, 5) is 4.10. The van der Waals surface area contributed by atoms with E-state index in [-0.39, 0.29) is 0 Å². The van der Waals surface area contributed by atoms with Crippen molar-refractivity contribution in [3.8, 4) is 11.1 Å². The van der Waals surface area contributed by atoms with Crippen LogP contribution in [0.15, 0.2) is 60.9 Å². The molecule has 1 aliphatic rings. The number of fused-ring (bicyclic) bond motifs is 1. The van der Waals surface area contributed by atoms with Crippen LogP contribution in [0.4, 0.5) is 8.78 Å². The van der Waals surface area contributed by atoms with E-state index in [1.807, 2.05) is 18.5 Å². The molecule has 24 heavy (non-hydrogen) atoms. The van der Waals surface area contributed by atoms with Gasteiger partial charge in [0.1, 0.15) is 0 Å². The Morgan fingerprint density at radius 2 is 1.58 bits per heavy atom. The van der Waals surface area contributed by atoms with Crippen molar-refractivity contribution in [1.82, 2.24) is 4.98 Å². The summed E-state index contributed by atoms with van der Waals surface area (Å²) in [7, 11) is 0. The van der Waals surface area contributed by atoms with Gasteiger partial charge in [-0.15, -0.1) is 0 Å². The molecule has 120 valence electrons. The number of hydrogen-bond acceptors (Lipinski definition) is 1. The van der Waals surface area contributed by atoms with Crippen molar-refractivity contribution in [2.45, 2.75) is 25.2 Å². The van der Waals surface area contributed by atoms with Crippen LogP contribution in [0.3, 0.4) is 0 Å². The highest BCUT2D eigenvalue weighted by Crippen LogP contribution is 2.38. The standard InChI is InChI=1S/C21H17F2N/c22-20-7-5-16(13-21(20)23)15-4-6-19-17(12-15)2-1-3-18(19)14-8-10-24-11-9-14/h4-13,18H,1-3H2. The molecule has 1 aliphatic carbocycles. The van der Waals surface area contributed by atoms with Crippen LogP contribution >= 0.6 is 0 Å². The van der Waals surface area contributed by atoms with Crippen LogP contribution in [0.5, 0.6) is 0 Å². The van der Waals surface area contributed by atoms with Gasteiger partial charge < -0.3 is 0 Å². The summed E-state index contributed by atoms with van der Waals surface area (Å²) in [5.74, 6) is -1.23. The lowest BCUT2D eigenvalue weighted by atomic mass is 9.78. The molecule has 2 aromatic carbocycles. The minimum absolute atomic E-state index is 0.385. The fourth-order valence-electron chi connectivity index (χ4n) is 3.61. The molecule has 0 amide bonds. The first-order valence-electron chi connectivity index (χ1n) is 8.20. The summed E-state index contributed by atoms with van der Waals surface area (Å²) >= 11 is 0. The van der Waals surface area contributed by atoms with Crippen molar-refractivity contribution in [1.29, 1.82) is 0 Å². The zero-order valence-electron chi connectivity index (χ0n) is 13.2. The molecule has 1 nitrogen and oxygen atoms in total. The molecule has 1 atom stereocenters. The zero-order chi connectivity index (χ0) is 16.5. The van der Waals surface area contributed by atoms with Gasteiger partial charge >= 0.3 is 0 Å². The van der Waals surface area contributed by atoms with Crippen LogP contribution < -0.4 is 0 Å². The highest BCUT2D eigenvalue weighted by Gasteiger charge is 2.22. The van der Waals surface area contributed by atoms with Gasteiger partial charge in [0.2, 0.25) is 0 Å². The number of pyridine rings is 1. The van der Waals surface area contributed by atoms with Crippen LogP contribution in [0, 0.1) is 11.6 Å². The number of rotatable bonds is 2. The SMILES string of the molecule is Fc1ccc(-c2ccc3c(c2)CCCC3c2ccncc2)cc1F. The summed E-state index contributed by atoms with van der Waals surface area (Å²) in [5, 5.41) is 0. The van der Waals surface area contributed by atoms with E-state index < -0.39 is 11.6 Å². The van der Waals surface area contributed by atoms with Gasteiger partial charge in [-0.1, -0.05) is 24.3 Å². The van der Waals surface area contributed by atoms with E-state index in [1.54, 1.807) is 6.07 Å². The van der Waals surface area contributed by atoms with Gasteiger partial charge in [-0.3, -0.25) is 4.98 Å². The molecule has 1 heterocycles. The topological polar surface area (TPSA) is 12.9 Å². The van der Waals surface area contributed by atoms with Gasteiger partial charge in [0.05, 0.1) is 0 Å². The first-order valence-corrected chi connectivity index (χ1v) is 8.20. The van der Waals surface area contributed by atoms with Crippen LogP contribution in [-0.4, -0.2) is 4.98 Å². The van der Waals surface area contributed by atoms with Crippen molar-refractivity contribution in [3.05, 3.63) is 89.2 Å². The average molecular weight is 321 g/mol. The molecule has 1 unspecified atom stereocenters. The van der Waals surface area contributed by atoms with E-state index >= 15 is 0 Å². The molecule has 0 saturated carbocycles. The van der Waals surface area contributed by atoms with Gasteiger partial charge in [-0.2, -0.15) is 0 Å². The molecule has 3 aromatic rings. The molecule has 3 heteroatoms. The average Bonchev–Trinajstić information content (AvgIpc) is 2.64. The Labute approximate surface area is 140 Å². The van der Waals surface area contributed by atoms with Crippen LogP contribution in [-0.2, 0) is 6.42 Å². The highest BCUT2D eigenvalue weighted by atomic mass is 19.2. The molecule has 0 saturated heterocycles. The van der Waals surface area contributed by atoms with E-state index in [4.69, 9.17) is 0 Å². The minimum atomic E-state index is -0.811. The Kier molecular flexibility index (Phi) is 3.85. The lowest BCUT2D eigenvalue weighted by Gasteiger charge is -2.26.